The van der Waals surface area contributed by atoms with Gasteiger partial charge in [-0.2, -0.15) is 10.1 Å². The number of rotatable bonds is 5. The minimum absolute atomic E-state index is 0.169. The van der Waals surface area contributed by atoms with Crippen molar-refractivity contribution in [1.82, 2.24) is 24.3 Å². The van der Waals surface area contributed by atoms with Gasteiger partial charge in [0.2, 0.25) is 11.7 Å². The third-order valence-electron chi connectivity index (χ3n) is 5.07. The van der Waals surface area contributed by atoms with Crippen LogP contribution in [0.5, 0.6) is 0 Å². The van der Waals surface area contributed by atoms with Crippen LogP contribution in [0.1, 0.15) is 11.5 Å². The van der Waals surface area contributed by atoms with Crippen LogP contribution >= 0.6 is 11.8 Å². The van der Waals surface area contributed by atoms with E-state index in [1.807, 2.05) is 61.7 Å². The zero-order valence-corrected chi connectivity index (χ0v) is 17.8. The first-order chi connectivity index (χ1) is 15.1. The molecule has 0 aliphatic rings. The predicted octanol–water partition coefficient (Wildman–Crippen LogP) is 4.29. The molecule has 0 saturated carbocycles. The van der Waals surface area contributed by atoms with Crippen molar-refractivity contribution < 1.29 is 4.52 Å². The van der Waals surface area contributed by atoms with Gasteiger partial charge >= 0.3 is 0 Å². The molecule has 0 spiro atoms. The fourth-order valence-electron chi connectivity index (χ4n) is 3.34. The third kappa shape index (κ3) is 3.77. The molecule has 154 valence electrons. The number of aromatic nitrogens is 5. The summed E-state index contributed by atoms with van der Waals surface area (Å²) in [5.41, 5.74) is 4.09. The van der Waals surface area contributed by atoms with Gasteiger partial charge in [0.1, 0.15) is 12.1 Å². The average molecular weight is 430 g/mol. The second-order valence-corrected chi connectivity index (χ2v) is 8.08. The van der Waals surface area contributed by atoms with Crippen molar-refractivity contribution in [3.8, 4) is 22.6 Å². The Morgan fingerprint density at radius 2 is 1.74 bits per heavy atom. The molecule has 7 nitrogen and oxygen atoms in total. The maximum atomic E-state index is 13.0. The van der Waals surface area contributed by atoms with E-state index in [1.54, 1.807) is 39.3 Å². The summed E-state index contributed by atoms with van der Waals surface area (Å²) in [5.74, 6) is 0.872. The second-order valence-electron chi connectivity index (χ2n) is 7.20. The minimum Gasteiger partial charge on any atom is -0.337 e. The first kappa shape index (κ1) is 19.3. The lowest BCUT2D eigenvalue weighted by atomic mass is 10.1. The van der Waals surface area contributed by atoms with Crippen molar-refractivity contribution in [3.63, 3.8) is 0 Å². The number of aryl methyl sites for hydroxylation is 1. The Hall–Kier alpha value is -3.65. The van der Waals surface area contributed by atoms with Gasteiger partial charge < -0.3 is 9.09 Å². The maximum absolute atomic E-state index is 13.0. The molecule has 3 heterocycles. The summed E-state index contributed by atoms with van der Waals surface area (Å²) in [6.07, 6.45) is 5.46. The highest BCUT2D eigenvalue weighted by Crippen LogP contribution is 2.21. The number of hydrogen-bond donors (Lipinski definition) is 0. The fourth-order valence-corrected chi connectivity index (χ4v) is 3.75. The van der Waals surface area contributed by atoms with Crippen LogP contribution in [0.3, 0.4) is 0 Å². The first-order valence-electron chi connectivity index (χ1n) is 9.73. The van der Waals surface area contributed by atoms with Crippen molar-refractivity contribution in [2.45, 2.75) is 18.4 Å². The quantitative estimate of drug-likeness (QED) is 0.388. The van der Waals surface area contributed by atoms with E-state index in [4.69, 9.17) is 4.52 Å². The van der Waals surface area contributed by atoms with E-state index < -0.39 is 0 Å². The SMILES string of the molecule is CSc1ccc(-c2noc(Cn3ccn4nc(-c5ccc(C)cc5)cc4c3=O)n2)cc1. The van der Waals surface area contributed by atoms with E-state index in [-0.39, 0.29) is 12.1 Å². The standard InChI is InChI=1S/C23H19N5O2S/c1-15-3-5-16(6-4-15)19-13-20-23(29)27(11-12-28(20)25-19)14-21-24-22(26-30-21)17-7-9-18(31-2)10-8-17/h3-13H,14H2,1-2H3. The molecule has 31 heavy (non-hydrogen) atoms. The molecule has 8 heteroatoms. The molecule has 0 fully saturated rings. The van der Waals surface area contributed by atoms with Gasteiger partial charge in [-0.05, 0) is 43.5 Å². The zero-order chi connectivity index (χ0) is 21.4. The molecule has 0 amide bonds. The molecule has 0 aliphatic heterocycles. The molecule has 0 unspecified atom stereocenters. The number of thioether (sulfide) groups is 1. The van der Waals surface area contributed by atoms with Crippen LogP contribution in [0.15, 0.2) is 81.2 Å². The van der Waals surface area contributed by atoms with Gasteiger partial charge in [-0.25, -0.2) is 4.52 Å². The van der Waals surface area contributed by atoms with Crippen molar-refractivity contribution in [2.75, 3.05) is 6.26 Å². The Labute approximate surface area is 182 Å². The summed E-state index contributed by atoms with van der Waals surface area (Å²) < 4.78 is 8.53. The molecule has 0 aliphatic carbocycles. The number of benzene rings is 2. The molecule has 5 aromatic rings. The summed E-state index contributed by atoms with van der Waals surface area (Å²) in [5, 5.41) is 8.58. The third-order valence-corrected chi connectivity index (χ3v) is 5.82. The van der Waals surface area contributed by atoms with Crippen LogP contribution in [0.2, 0.25) is 0 Å². The molecular formula is C23H19N5O2S. The molecule has 5 rings (SSSR count). The molecule has 0 bridgehead atoms. The second kappa shape index (κ2) is 7.88. The van der Waals surface area contributed by atoms with Crippen molar-refractivity contribution in [2.24, 2.45) is 0 Å². The van der Waals surface area contributed by atoms with E-state index in [9.17, 15) is 4.79 Å². The molecule has 0 atom stereocenters. The van der Waals surface area contributed by atoms with E-state index in [1.165, 1.54) is 5.56 Å². The van der Waals surface area contributed by atoms with E-state index >= 15 is 0 Å². The van der Waals surface area contributed by atoms with Crippen LogP contribution in [-0.4, -0.2) is 30.6 Å². The van der Waals surface area contributed by atoms with Gasteiger partial charge in [0.15, 0.2) is 0 Å². The lowest BCUT2D eigenvalue weighted by Gasteiger charge is -2.02. The molecule has 2 aromatic carbocycles. The molecule has 3 aromatic heterocycles. The minimum atomic E-state index is -0.169. The van der Waals surface area contributed by atoms with Crippen LogP contribution < -0.4 is 5.56 Å². The Kier molecular flexibility index (Phi) is 4.91. The Morgan fingerprint density at radius 1 is 1.00 bits per heavy atom. The average Bonchev–Trinajstić information content (AvgIpc) is 3.44. The number of hydrogen-bond acceptors (Lipinski definition) is 6. The summed E-state index contributed by atoms with van der Waals surface area (Å²) in [6.45, 7) is 2.23. The molecular weight excluding hydrogens is 410 g/mol. The lowest BCUT2D eigenvalue weighted by Crippen LogP contribution is -2.21. The normalized spacial score (nSPS) is 11.3. The smallest absolute Gasteiger partial charge is 0.277 e. The maximum Gasteiger partial charge on any atom is 0.277 e. The van der Waals surface area contributed by atoms with Gasteiger partial charge in [-0.1, -0.05) is 35.0 Å². The number of nitrogens with zero attached hydrogens (tertiary/aromatic N) is 5. The predicted molar refractivity (Wildman–Crippen MR) is 120 cm³/mol. The van der Waals surface area contributed by atoms with Crippen molar-refractivity contribution in [1.29, 1.82) is 0 Å². The van der Waals surface area contributed by atoms with E-state index in [0.717, 1.165) is 21.7 Å². The van der Waals surface area contributed by atoms with Crippen LogP contribution in [0.4, 0.5) is 0 Å². The van der Waals surface area contributed by atoms with E-state index in [2.05, 4.69) is 15.2 Å². The van der Waals surface area contributed by atoms with Gasteiger partial charge in [0.25, 0.3) is 5.56 Å². The summed E-state index contributed by atoms with van der Waals surface area (Å²) in [4.78, 5) is 18.6. The van der Waals surface area contributed by atoms with Crippen LogP contribution in [0, 0.1) is 6.92 Å². The van der Waals surface area contributed by atoms with E-state index in [0.29, 0.717) is 17.2 Å². The Balaban J connectivity index is 1.43. The zero-order valence-electron chi connectivity index (χ0n) is 17.0. The van der Waals surface area contributed by atoms with Crippen molar-refractivity contribution in [3.05, 3.63) is 88.8 Å². The summed E-state index contributed by atoms with van der Waals surface area (Å²) >= 11 is 1.67. The van der Waals surface area contributed by atoms with Crippen LogP contribution in [-0.2, 0) is 6.54 Å². The van der Waals surface area contributed by atoms with Crippen LogP contribution in [0.25, 0.3) is 28.2 Å². The number of fused-ring (bicyclic) bond motifs is 1. The molecule has 0 radical (unpaired) electrons. The topological polar surface area (TPSA) is 78.2 Å². The summed E-state index contributed by atoms with van der Waals surface area (Å²) in [7, 11) is 0. The highest BCUT2D eigenvalue weighted by atomic mass is 32.2. The Bertz CT molecular complexity index is 1420. The Morgan fingerprint density at radius 3 is 2.48 bits per heavy atom. The van der Waals surface area contributed by atoms with Gasteiger partial charge in [-0.3, -0.25) is 4.79 Å². The van der Waals surface area contributed by atoms with Gasteiger partial charge in [0.05, 0.1) is 5.69 Å². The first-order valence-corrected chi connectivity index (χ1v) is 11.0. The van der Waals surface area contributed by atoms with Gasteiger partial charge in [0, 0.05) is 28.4 Å². The largest absolute Gasteiger partial charge is 0.337 e. The van der Waals surface area contributed by atoms with Gasteiger partial charge in [-0.15, -0.1) is 11.8 Å². The molecule has 0 saturated heterocycles. The lowest BCUT2D eigenvalue weighted by molar-refractivity contribution is 0.370. The molecule has 0 N–H and O–H groups in total. The fraction of sp³-hybridized carbons (Fsp3) is 0.130. The van der Waals surface area contributed by atoms with Crippen molar-refractivity contribution >= 4 is 17.3 Å². The summed E-state index contributed by atoms with van der Waals surface area (Å²) in [6, 6.07) is 17.8. The monoisotopic (exact) mass is 429 g/mol. The highest BCUT2D eigenvalue weighted by Gasteiger charge is 2.13. The highest BCUT2D eigenvalue weighted by molar-refractivity contribution is 7.98.